The average Bonchev–Trinajstić information content (AvgIpc) is 3.04. The van der Waals surface area contributed by atoms with Gasteiger partial charge in [-0.15, -0.1) is 0 Å². The Morgan fingerprint density at radius 1 is 1.36 bits per heavy atom. The lowest BCUT2D eigenvalue weighted by Crippen LogP contribution is -2.48. The molecule has 1 aliphatic rings. The predicted octanol–water partition coefficient (Wildman–Crippen LogP) is -0.0982. The number of benzene rings is 1. The van der Waals surface area contributed by atoms with Gasteiger partial charge in [-0.2, -0.15) is 0 Å². The first-order valence-electron chi connectivity index (χ1n) is 8.64. The Balaban J connectivity index is 1.95. The molecule has 1 heterocycles. The number of aryl methyl sites for hydroxylation is 1. The summed E-state index contributed by atoms with van der Waals surface area (Å²) in [5.74, 6) is -0.0488. The minimum Gasteiger partial charge on any atom is -0.363 e. The second-order valence-corrected chi connectivity index (χ2v) is 6.60. The van der Waals surface area contributed by atoms with Gasteiger partial charge in [0.25, 0.3) is 0 Å². The van der Waals surface area contributed by atoms with E-state index in [1.807, 2.05) is 30.3 Å². The van der Waals surface area contributed by atoms with Crippen molar-refractivity contribution in [1.29, 1.82) is 0 Å². The van der Waals surface area contributed by atoms with Crippen molar-refractivity contribution >= 4 is 34.7 Å². The van der Waals surface area contributed by atoms with E-state index < -0.39 is 0 Å². The molecule has 2 rings (SSSR count). The van der Waals surface area contributed by atoms with Crippen molar-refractivity contribution in [1.82, 2.24) is 15.4 Å². The molecule has 1 aliphatic heterocycles. The summed E-state index contributed by atoms with van der Waals surface area (Å²) in [5.41, 5.74) is 1.19. The van der Waals surface area contributed by atoms with Crippen LogP contribution in [0, 0.1) is 0 Å². The molecule has 1 aromatic rings. The van der Waals surface area contributed by atoms with Crippen LogP contribution in [0.3, 0.4) is 0 Å². The highest BCUT2D eigenvalue weighted by Gasteiger charge is 2.35. The summed E-state index contributed by atoms with van der Waals surface area (Å²) in [6, 6.07) is 9.51. The normalized spacial score (nSPS) is 21.6. The van der Waals surface area contributed by atoms with Crippen LogP contribution in [0.1, 0.15) is 31.7 Å². The molecule has 0 unspecified atom stereocenters. The third-order valence-electron chi connectivity index (χ3n) is 4.57. The van der Waals surface area contributed by atoms with E-state index >= 15 is 0 Å². The fourth-order valence-electron chi connectivity index (χ4n) is 3.26. The van der Waals surface area contributed by atoms with Crippen LogP contribution in [0.5, 0.6) is 0 Å². The molecule has 0 spiro atoms. The molecule has 127 valence electrons. The number of amides is 1. The number of nitrogens with zero attached hydrogens (tertiary/aromatic N) is 1. The van der Waals surface area contributed by atoms with Crippen LogP contribution in [-0.4, -0.2) is 64.2 Å². The van der Waals surface area contributed by atoms with Gasteiger partial charge in [0.1, 0.15) is 13.1 Å². The van der Waals surface area contributed by atoms with Crippen LogP contribution in [0.2, 0.25) is 0 Å². The third-order valence-corrected chi connectivity index (χ3v) is 4.57. The third kappa shape index (κ3) is 6.05. The molecule has 25 heavy (non-hydrogen) atoms. The molecule has 1 saturated heterocycles. The number of hydrogen-bond acceptors (Lipinski definition) is 4. The highest BCUT2D eigenvalue weighted by Crippen LogP contribution is 2.17. The number of nitrogens with one attached hydrogen (secondary N) is 2. The fraction of sp³-hybridized carbons (Fsp3) is 0.529. The maximum atomic E-state index is 12.7. The van der Waals surface area contributed by atoms with Crippen LogP contribution < -0.4 is 10.5 Å². The topological polar surface area (TPSA) is 61.4 Å². The molecule has 1 fully saturated rings. The van der Waals surface area contributed by atoms with Gasteiger partial charge in [0.05, 0.1) is 6.04 Å². The SMILES string of the molecule is [B][B]N1C[C@H](N[B])C[C@H]1C(=O)N[C@@H](CCc1ccccc1)CC(C)=O. The van der Waals surface area contributed by atoms with Gasteiger partial charge >= 0.3 is 0 Å². The standard InChI is InChI=1S/C17H23B3N3O2/c1-12(24)9-14(8-7-13-5-3-2-4-6-13)21-17(25)16-10-15(22-19)11-23(16)20-18/h2-6,14-16,22H,7-11H2,1H3,(H,21,25)/t14-,15+,16-/m0/s1. The zero-order valence-corrected chi connectivity index (χ0v) is 14.7. The lowest BCUT2D eigenvalue weighted by atomic mass is 9.65. The molecule has 0 aromatic heterocycles. The van der Waals surface area contributed by atoms with E-state index in [-0.39, 0.29) is 29.8 Å². The predicted molar refractivity (Wildman–Crippen MR) is 101 cm³/mol. The molecule has 8 heteroatoms. The van der Waals surface area contributed by atoms with Gasteiger partial charge < -0.3 is 15.4 Å². The summed E-state index contributed by atoms with van der Waals surface area (Å²) in [4.78, 5) is 26.0. The molecule has 2 N–H and O–H groups in total. The molecule has 0 aliphatic carbocycles. The maximum Gasteiger partial charge on any atom is 0.236 e. The quantitative estimate of drug-likeness (QED) is 0.620. The zero-order chi connectivity index (χ0) is 18.2. The van der Waals surface area contributed by atoms with E-state index in [1.54, 1.807) is 11.7 Å². The summed E-state index contributed by atoms with van der Waals surface area (Å²) in [5, 5.41) is 5.72. The Morgan fingerprint density at radius 2 is 2.08 bits per heavy atom. The number of carbonyl (C=O) groups is 2. The van der Waals surface area contributed by atoms with Crippen LogP contribution in [0.15, 0.2) is 30.3 Å². The number of Topliss-reactive ketones (excluding diaryl/α,β-unsaturated/α-hetero) is 1. The molecule has 1 amide bonds. The van der Waals surface area contributed by atoms with Crippen LogP contribution in [0.25, 0.3) is 0 Å². The number of hydrogen-bond donors (Lipinski definition) is 2. The maximum absolute atomic E-state index is 12.7. The highest BCUT2D eigenvalue weighted by atomic mass is 16.2. The molecular weight excluding hydrogens is 311 g/mol. The summed E-state index contributed by atoms with van der Waals surface area (Å²) < 4.78 is 0. The lowest BCUT2D eigenvalue weighted by Gasteiger charge is -2.25. The van der Waals surface area contributed by atoms with Crippen LogP contribution in [-0.2, 0) is 16.0 Å². The minimum atomic E-state index is -0.364. The van der Waals surface area contributed by atoms with E-state index in [4.69, 9.17) is 15.7 Å². The van der Waals surface area contributed by atoms with E-state index in [0.29, 0.717) is 25.8 Å². The minimum absolute atomic E-state index is 0.0196. The van der Waals surface area contributed by atoms with Gasteiger partial charge in [-0.1, -0.05) is 30.3 Å². The molecule has 5 nitrogen and oxygen atoms in total. The van der Waals surface area contributed by atoms with Crippen molar-refractivity contribution in [3.8, 4) is 0 Å². The van der Waals surface area contributed by atoms with E-state index in [2.05, 4.69) is 10.5 Å². The van der Waals surface area contributed by atoms with Crippen molar-refractivity contribution in [3.05, 3.63) is 35.9 Å². The van der Waals surface area contributed by atoms with Crippen molar-refractivity contribution in [2.24, 2.45) is 0 Å². The van der Waals surface area contributed by atoms with Gasteiger partial charge in [-0.25, -0.2) is 0 Å². The van der Waals surface area contributed by atoms with Crippen molar-refractivity contribution in [2.75, 3.05) is 6.54 Å². The van der Waals surface area contributed by atoms with Crippen molar-refractivity contribution < 1.29 is 9.59 Å². The molecule has 0 saturated carbocycles. The Morgan fingerprint density at radius 3 is 2.68 bits per heavy atom. The lowest BCUT2D eigenvalue weighted by molar-refractivity contribution is -0.125. The Kier molecular flexibility index (Phi) is 7.78. The van der Waals surface area contributed by atoms with E-state index in [1.165, 1.54) is 12.9 Å². The first-order valence-corrected chi connectivity index (χ1v) is 8.64. The molecule has 1 aromatic carbocycles. The Bertz CT molecular complexity index is 574. The summed E-state index contributed by atoms with van der Waals surface area (Å²) in [6.07, 6.45) is 2.44. The van der Waals surface area contributed by atoms with Gasteiger partial charge in [0, 0.05) is 32.8 Å². The second kappa shape index (κ2) is 9.83. The number of rotatable bonds is 9. The van der Waals surface area contributed by atoms with E-state index in [0.717, 1.165) is 6.42 Å². The van der Waals surface area contributed by atoms with Gasteiger partial charge in [-0.3, -0.25) is 9.59 Å². The average molecular weight is 334 g/mol. The smallest absolute Gasteiger partial charge is 0.236 e. The Labute approximate surface area is 153 Å². The molecule has 0 bridgehead atoms. The van der Waals surface area contributed by atoms with Crippen LogP contribution in [0.4, 0.5) is 0 Å². The zero-order valence-electron chi connectivity index (χ0n) is 14.7. The van der Waals surface area contributed by atoms with Crippen molar-refractivity contribution in [2.45, 2.75) is 50.7 Å². The van der Waals surface area contributed by atoms with Gasteiger partial charge in [-0.05, 0) is 31.7 Å². The first kappa shape index (κ1) is 19.8. The number of carbonyl (C=O) groups excluding carboxylic acids is 2. The molecular formula is C17H23B3N3O2. The first-order chi connectivity index (χ1) is 12.0. The summed E-state index contributed by atoms with van der Waals surface area (Å²) in [6.45, 7) is 2.14. The number of ketones is 1. The Hall–Kier alpha value is -1.53. The second-order valence-electron chi connectivity index (χ2n) is 6.60. The van der Waals surface area contributed by atoms with Crippen molar-refractivity contribution in [3.63, 3.8) is 0 Å². The van der Waals surface area contributed by atoms with Gasteiger partial charge in [0.15, 0.2) is 7.98 Å². The monoisotopic (exact) mass is 334 g/mol. The summed E-state index contributed by atoms with van der Waals surface area (Å²) in [7, 11) is 12.5. The van der Waals surface area contributed by atoms with Crippen LogP contribution >= 0.6 is 0 Å². The summed E-state index contributed by atoms with van der Waals surface area (Å²) >= 11 is 0. The molecule has 3 atom stereocenters. The fourth-order valence-corrected chi connectivity index (χ4v) is 3.26. The highest BCUT2D eigenvalue weighted by molar-refractivity contribution is 6.87. The molecule has 5 radical (unpaired) electrons. The van der Waals surface area contributed by atoms with E-state index in [9.17, 15) is 9.59 Å². The largest absolute Gasteiger partial charge is 0.363 e. The van der Waals surface area contributed by atoms with Gasteiger partial charge in [0.2, 0.25) is 5.91 Å².